The second-order valence-corrected chi connectivity index (χ2v) is 12.1. The molecule has 0 atom stereocenters. The fraction of sp³-hybridized carbons (Fsp3) is 1.00. The third-order valence-electron chi connectivity index (χ3n) is 6.49. The van der Waals surface area contributed by atoms with Gasteiger partial charge < -0.3 is 35.0 Å². The number of unbranched alkanes of at least 4 members (excludes halogenated alkanes) is 9. The minimum Gasteiger partial charge on any atom is -0.418 e. The van der Waals surface area contributed by atoms with Gasteiger partial charge in [-0.1, -0.05) is 58.3 Å². The molecule has 0 aromatic rings. The third kappa shape index (κ3) is 18.2. The lowest BCUT2D eigenvalue weighted by Crippen LogP contribution is -2.53. The van der Waals surface area contributed by atoms with Crippen molar-refractivity contribution < 1.29 is 35.0 Å². The highest BCUT2D eigenvalue weighted by atomic mass is 28.4. The molecule has 0 radical (unpaired) electrons. The zero-order valence-corrected chi connectivity index (χ0v) is 23.4. The standard InChI is InChI=1S/C24H52NO3Si.BF4/c1-5-9-10-11-12-13-14-15-16-17-20-25(21-18-19-22-25)23-24-29(26-6-2,27-7-3)28-8-4;2-1(3,4)5/h5-24H2,1-4H3;/q+1;-1. The van der Waals surface area contributed by atoms with Crippen molar-refractivity contribution in [3.8, 4) is 0 Å². The van der Waals surface area contributed by atoms with Crippen LogP contribution < -0.4 is 0 Å². The van der Waals surface area contributed by atoms with E-state index >= 15 is 0 Å². The van der Waals surface area contributed by atoms with E-state index in [9.17, 15) is 17.3 Å². The molecular formula is C24H52BF4NO3Si. The van der Waals surface area contributed by atoms with E-state index in [4.69, 9.17) is 13.3 Å². The fourth-order valence-corrected chi connectivity index (χ4v) is 7.63. The maximum atomic E-state index is 9.75. The molecule has 34 heavy (non-hydrogen) atoms. The molecule has 0 aliphatic carbocycles. The summed E-state index contributed by atoms with van der Waals surface area (Å²) in [5.74, 6) is 0. The molecule has 1 heterocycles. The molecular weight excluding hydrogens is 465 g/mol. The van der Waals surface area contributed by atoms with Crippen LogP contribution in [0.3, 0.4) is 0 Å². The second kappa shape index (κ2) is 20.0. The van der Waals surface area contributed by atoms with Crippen molar-refractivity contribution in [2.24, 2.45) is 0 Å². The normalized spacial score (nSPS) is 15.9. The van der Waals surface area contributed by atoms with E-state index in [1.165, 1.54) is 108 Å². The Kier molecular flexibility index (Phi) is 19.9. The van der Waals surface area contributed by atoms with Crippen LogP contribution in [0, 0.1) is 0 Å². The molecule has 1 rings (SSSR count). The topological polar surface area (TPSA) is 27.7 Å². The average Bonchev–Trinajstić information content (AvgIpc) is 3.22. The summed E-state index contributed by atoms with van der Waals surface area (Å²) in [6.07, 6.45) is 16.9. The Labute approximate surface area is 208 Å². The van der Waals surface area contributed by atoms with Crippen molar-refractivity contribution in [2.45, 2.75) is 111 Å². The Bertz CT molecular complexity index is 447. The molecule has 1 saturated heterocycles. The van der Waals surface area contributed by atoms with Crippen molar-refractivity contribution in [1.29, 1.82) is 0 Å². The van der Waals surface area contributed by atoms with E-state index in [1.807, 2.05) is 0 Å². The summed E-state index contributed by atoms with van der Waals surface area (Å²) in [6, 6.07) is 0.972. The Morgan fingerprint density at radius 2 is 1.00 bits per heavy atom. The average molecular weight is 518 g/mol. The first-order chi connectivity index (χ1) is 16.2. The number of nitrogens with zero attached hydrogens (tertiary/aromatic N) is 1. The molecule has 4 nitrogen and oxygen atoms in total. The van der Waals surface area contributed by atoms with Gasteiger partial charge in [0.25, 0.3) is 0 Å². The molecule has 0 spiro atoms. The van der Waals surface area contributed by atoms with Crippen LogP contribution in [0.4, 0.5) is 17.3 Å². The maximum Gasteiger partial charge on any atom is 0.673 e. The van der Waals surface area contributed by atoms with Gasteiger partial charge in [0.2, 0.25) is 0 Å². The molecule has 0 aromatic carbocycles. The Morgan fingerprint density at radius 3 is 1.38 bits per heavy atom. The molecule has 0 amide bonds. The van der Waals surface area contributed by atoms with Crippen LogP contribution >= 0.6 is 0 Å². The summed E-state index contributed by atoms with van der Waals surface area (Å²) in [5.41, 5.74) is 0. The van der Waals surface area contributed by atoms with Crippen LogP contribution in [-0.2, 0) is 13.3 Å². The van der Waals surface area contributed by atoms with Crippen LogP contribution in [0.25, 0.3) is 0 Å². The molecule has 0 bridgehead atoms. The van der Waals surface area contributed by atoms with E-state index < -0.39 is 16.1 Å². The molecule has 1 fully saturated rings. The molecule has 0 unspecified atom stereocenters. The van der Waals surface area contributed by atoms with Crippen LogP contribution in [0.2, 0.25) is 6.04 Å². The Hall–Kier alpha value is -0.158. The van der Waals surface area contributed by atoms with Crippen molar-refractivity contribution >= 4 is 16.1 Å². The number of halogens is 4. The number of quaternary nitrogens is 1. The number of likely N-dealkylation sites (tertiary alicyclic amines) is 1. The summed E-state index contributed by atoms with van der Waals surface area (Å²) in [6.45, 7) is 15.7. The number of rotatable bonds is 20. The molecule has 0 saturated carbocycles. The lowest BCUT2D eigenvalue weighted by Gasteiger charge is -2.37. The zero-order chi connectivity index (χ0) is 25.8. The van der Waals surface area contributed by atoms with E-state index in [0.29, 0.717) is 19.8 Å². The molecule has 10 heteroatoms. The van der Waals surface area contributed by atoms with Gasteiger partial charge in [0, 0.05) is 32.7 Å². The summed E-state index contributed by atoms with van der Waals surface area (Å²) in [5, 5.41) is 0. The summed E-state index contributed by atoms with van der Waals surface area (Å²) < 4.78 is 58.6. The highest BCUT2D eigenvalue weighted by molar-refractivity contribution is 6.60. The molecule has 0 aromatic heterocycles. The van der Waals surface area contributed by atoms with Crippen LogP contribution in [-0.4, -0.2) is 66.5 Å². The quantitative estimate of drug-likeness (QED) is 0.0712. The molecule has 206 valence electrons. The van der Waals surface area contributed by atoms with Crippen molar-refractivity contribution in [3.63, 3.8) is 0 Å². The molecule has 0 N–H and O–H groups in total. The van der Waals surface area contributed by atoms with Gasteiger partial charge in [-0.15, -0.1) is 0 Å². The fourth-order valence-electron chi connectivity index (χ4n) is 4.88. The minimum atomic E-state index is -6.00. The van der Waals surface area contributed by atoms with E-state index in [2.05, 4.69) is 27.7 Å². The first-order valence-corrected chi connectivity index (χ1v) is 15.7. The molecule has 1 aliphatic heterocycles. The van der Waals surface area contributed by atoms with E-state index in [-0.39, 0.29) is 0 Å². The van der Waals surface area contributed by atoms with Crippen molar-refractivity contribution in [3.05, 3.63) is 0 Å². The maximum absolute atomic E-state index is 9.75. The predicted octanol–water partition coefficient (Wildman–Crippen LogP) is 7.87. The minimum absolute atomic E-state index is 0.685. The lowest BCUT2D eigenvalue weighted by molar-refractivity contribution is -0.915. The van der Waals surface area contributed by atoms with Gasteiger partial charge in [0.05, 0.1) is 32.2 Å². The largest absolute Gasteiger partial charge is 0.673 e. The summed E-state index contributed by atoms with van der Waals surface area (Å²) in [4.78, 5) is 0. The number of hydrogen-bond donors (Lipinski definition) is 0. The van der Waals surface area contributed by atoms with Gasteiger partial charge in [-0.25, -0.2) is 0 Å². The molecule has 1 aliphatic rings. The SMILES string of the molecule is CCCCCCCCCCCC[N+]1(CC[Si](OCC)(OCC)OCC)CCCC1.F[B-](F)(F)F. The first-order valence-electron chi connectivity index (χ1n) is 13.8. The van der Waals surface area contributed by atoms with Gasteiger partial charge in [-0.05, 0) is 33.6 Å². The summed E-state index contributed by atoms with van der Waals surface area (Å²) in [7, 11) is -8.50. The second-order valence-electron chi connectivity index (χ2n) is 9.35. The highest BCUT2D eigenvalue weighted by Gasteiger charge is 2.44. The van der Waals surface area contributed by atoms with Gasteiger partial charge in [0.1, 0.15) is 0 Å². The van der Waals surface area contributed by atoms with Gasteiger partial charge in [0.15, 0.2) is 0 Å². The monoisotopic (exact) mass is 517 g/mol. The first kappa shape index (κ1) is 33.8. The van der Waals surface area contributed by atoms with Gasteiger partial charge >= 0.3 is 16.1 Å². The lowest BCUT2D eigenvalue weighted by atomic mass is 10.1. The van der Waals surface area contributed by atoms with E-state index in [1.54, 1.807) is 0 Å². The van der Waals surface area contributed by atoms with Gasteiger partial charge in [-0.3, -0.25) is 0 Å². The predicted molar refractivity (Wildman–Crippen MR) is 136 cm³/mol. The number of hydrogen-bond acceptors (Lipinski definition) is 3. The Morgan fingerprint density at radius 1 is 0.618 bits per heavy atom. The van der Waals surface area contributed by atoms with Crippen molar-refractivity contribution in [2.75, 3.05) is 46.0 Å². The summed E-state index contributed by atoms with van der Waals surface area (Å²) >= 11 is 0. The third-order valence-corrected chi connectivity index (χ3v) is 9.51. The van der Waals surface area contributed by atoms with E-state index in [0.717, 1.165) is 6.04 Å². The zero-order valence-electron chi connectivity index (χ0n) is 22.4. The van der Waals surface area contributed by atoms with Crippen LogP contribution in [0.1, 0.15) is 105 Å². The Balaban J connectivity index is 0.00000196. The van der Waals surface area contributed by atoms with Crippen molar-refractivity contribution in [1.82, 2.24) is 0 Å². The van der Waals surface area contributed by atoms with Crippen LogP contribution in [0.15, 0.2) is 0 Å². The van der Waals surface area contributed by atoms with Crippen LogP contribution in [0.5, 0.6) is 0 Å². The van der Waals surface area contributed by atoms with Gasteiger partial charge in [-0.2, -0.15) is 0 Å². The smallest absolute Gasteiger partial charge is 0.418 e. The highest BCUT2D eigenvalue weighted by Crippen LogP contribution is 2.26.